The number of nitrogens with two attached hydrogens (primary N) is 1. The smallest absolute Gasteiger partial charge is 0.239 e. The average Bonchev–Trinajstić information content (AvgIpc) is 3.08. The minimum absolute atomic E-state index is 0.00257. The van der Waals surface area contributed by atoms with Crippen molar-refractivity contribution in [2.24, 2.45) is 5.73 Å². The van der Waals surface area contributed by atoms with Crippen molar-refractivity contribution in [3.8, 4) is 0 Å². The van der Waals surface area contributed by atoms with Gasteiger partial charge in [-0.3, -0.25) is 9.59 Å². The summed E-state index contributed by atoms with van der Waals surface area (Å²) in [6.07, 6.45) is 4.99. The molecular formula is C19H26N4O2S. The van der Waals surface area contributed by atoms with Crippen LogP contribution in [0.4, 0.5) is 0 Å². The van der Waals surface area contributed by atoms with Gasteiger partial charge in [0.2, 0.25) is 11.8 Å². The van der Waals surface area contributed by atoms with Crippen molar-refractivity contribution in [1.82, 2.24) is 14.8 Å². The van der Waals surface area contributed by atoms with Crippen LogP contribution in [-0.2, 0) is 16.0 Å². The van der Waals surface area contributed by atoms with E-state index in [2.05, 4.69) is 4.98 Å². The van der Waals surface area contributed by atoms with Gasteiger partial charge < -0.3 is 20.5 Å². The zero-order valence-corrected chi connectivity index (χ0v) is 15.9. The van der Waals surface area contributed by atoms with Crippen molar-refractivity contribution < 1.29 is 9.59 Å². The summed E-state index contributed by atoms with van der Waals surface area (Å²) < 4.78 is 0. The number of carbonyl (C=O) groups excluding carboxylic acids is 2. The minimum Gasteiger partial charge on any atom is -0.361 e. The Morgan fingerprint density at radius 1 is 1.19 bits per heavy atom. The van der Waals surface area contributed by atoms with Gasteiger partial charge in [-0.2, -0.15) is 11.8 Å². The number of piperazine rings is 1. The Morgan fingerprint density at radius 2 is 1.88 bits per heavy atom. The standard InChI is InChI=1S/C19H26N4O2S/c1-26-11-6-16(20)19(25)23-9-7-22(8-10-23)18(24)12-14-13-21-17-5-3-2-4-15(14)17/h2-5,13,16,21H,6-12,20H2,1H3. The molecule has 1 unspecified atom stereocenters. The number of aromatic nitrogens is 1. The number of hydrogen-bond acceptors (Lipinski definition) is 4. The Hall–Kier alpha value is -1.99. The molecule has 140 valence electrons. The third-order valence-corrected chi connectivity index (χ3v) is 5.55. The van der Waals surface area contributed by atoms with Crippen molar-refractivity contribution in [3.05, 3.63) is 36.0 Å². The molecule has 0 spiro atoms. The molecule has 0 aliphatic carbocycles. The van der Waals surface area contributed by atoms with Crippen LogP contribution in [0.15, 0.2) is 30.5 Å². The monoisotopic (exact) mass is 374 g/mol. The van der Waals surface area contributed by atoms with E-state index in [1.54, 1.807) is 16.7 Å². The summed E-state index contributed by atoms with van der Waals surface area (Å²) in [5.74, 6) is 0.993. The molecule has 1 fully saturated rings. The van der Waals surface area contributed by atoms with Crippen LogP contribution in [0.25, 0.3) is 10.9 Å². The van der Waals surface area contributed by atoms with Crippen molar-refractivity contribution in [2.75, 3.05) is 38.2 Å². The fourth-order valence-electron chi connectivity index (χ4n) is 3.33. The molecule has 3 N–H and O–H groups in total. The highest BCUT2D eigenvalue weighted by atomic mass is 32.2. The minimum atomic E-state index is -0.434. The van der Waals surface area contributed by atoms with Gasteiger partial charge in [0.1, 0.15) is 0 Å². The summed E-state index contributed by atoms with van der Waals surface area (Å²) >= 11 is 1.69. The summed E-state index contributed by atoms with van der Waals surface area (Å²) in [6, 6.07) is 7.56. The van der Waals surface area contributed by atoms with Gasteiger partial charge >= 0.3 is 0 Å². The lowest BCUT2D eigenvalue weighted by Gasteiger charge is -2.36. The molecule has 0 saturated carbocycles. The average molecular weight is 375 g/mol. The largest absolute Gasteiger partial charge is 0.361 e. The second kappa shape index (κ2) is 8.60. The summed E-state index contributed by atoms with van der Waals surface area (Å²) in [4.78, 5) is 31.9. The highest BCUT2D eigenvalue weighted by Gasteiger charge is 2.27. The molecule has 0 bridgehead atoms. The Bertz CT molecular complexity index is 768. The number of para-hydroxylation sites is 1. The lowest BCUT2D eigenvalue weighted by Crippen LogP contribution is -2.54. The first-order chi connectivity index (χ1) is 12.6. The van der Waals surface area contributed by atoms with Gasteiger partial charge in [-0.05, 0) is 30.1 Å². The number of carbonyl (C=O) groups is 2. The second-order valence-electron chi connectivity index (χ2n) is 6.63. The zero-order chi connectivity index (χ0) is 18.5. The molecule has 0 radical (unpaired) electrons. The van der Waals surface area contributed by atoms with E-state index in [1.807, 2.05) is 41.6 Å². The maximum absolute atomic E-state index is 12.6. The van der Waals surface area contributed by atoms with Crippen molar-refractivity contribution >= 4 is 34.5 Å². The van der Waals surface area contributed by atoms with Crippen LogP contribution in [0.2, 0.25) is 0 Å². The third-order valence-electron chi connectivity index (χ3n) is 4.91. The fraction of sp³-hybridized carbons (Fsp3) is 0.474. The molecule has 2 amide bonds. The van der Waals surface area contributed by atoms with E-state index in [0.717, 1.165) is 22.2 Å². The zero-order valence-electron chi connectivity index (χ0n) is 15.1. The predicted octanol–water partition coefficient (Wildman–Crippen LogP) is 1.46. The number of benzene rings is 1. The summed E-state index contributed by atoms with van der Waals surface area (Å²) in [5.41, 5.74) is 8.05. The first-order valence-electron chi connectivity index (χ1n) is 8.96. The predicted molar refractivity (Wildman–Crippen MR) is 106 cm³/mol. The molecule has 1 aromatic heterocycles. The van der Waals surface area contributed by atoms with Gasteiger partial charge in [0.05, 0.1) is 12.5 Å². The van der Waals surface area contributed by atoms with Crippen LogP contribution in [0.5, 0.6) is 0 Å². The number of rotatable bonds is 6. The normalized spacial score (nSPS) is 16.1. The van der Waals surface area contributed by atoms with Gasteiger partial charge in [0.25, 0.3) is 0 Å². The van der Waals surface area contributed by atoms with E-state index in [0.29, 0.717) is 39.0 Å². The van der Waals surface area contributed by atoms with Crippen LogP contribution in [0, 0.1) is 0 Å². The summed E-state index contributed by atoms with van der Waals surface area (Å²) in [6.45, 7) is 2.27. The molecule has 2 heterocycles. The molecule has 1 aromatic carbocycles. The number of H-pyrrole nitrogens is 1. The SMILES string of the molecule is CSCCC(N)C(=O)N1CCN(C(=O)Cc2c[nH]c3ccccc23)CC1. The first kappa shape index (κ1) is 18.8. The molecular weight excluding hydrogens is 348 g/mol. The molecule has 26 heavy (non-hydrogen) atoms. The number of amides is 2. The maximum atomic E-state index is 12.6. The van der Waals surface area contributed by atoms with E-state index in [4.69, 9.17) is 5.73 Å². The molecule has 1 saturated heterocycles. The molecule has 6 nitrogen and oxygen atoms in total. The number of thioether (sulfide) groups is 1. The Morgan fingerprint density at radius 3 is 2.62 bits per heavy atom. The number of nitrogens with one attached hydrogen (secondary N) is 1. The van der Waals surface area contributed by atoms with E-state index >= 15 is 0 Å². The molecule has 7 heteroatoms. The molecule has 1 aliphatic rings. The maximum Gasteiger partial charge on any atom is 0.239 e. The fourth-order valence-corrected chi connectivity index (χ4v) is 3.82. The number of hydrogen-bond donors (Lipinski definition) is 2. The highest BCUT2D eigenvalue weighted by molar-refractivity contribution is 7.98. The number of aromatic amines is 1. The molecule has 1 aliphatic heterocycles. The first-order valence-corrected chi connectivity index (χ1v) is 10.4. The van der Waals surface area contributed by atoms with E-state index in [9.17, 15) is 9.59 Å². The Balaban J connectivity index is 1.53. The second-order valence-corrected chi connectivity index (χ2v) is 7.62. The van der Waals surface area contributed by atoms with Crippen LogP contribution in [0.3, 0.4) is 0 Å². The van der Waals surface area contributed by atoms with Crippen LogP contribution in [0.1, 0.15) is 12.0 Å². The van der Waals surface area contributed by atoms with Gasteiger partial charge in [-0.1, -0.05) is 18.2 Å². The van der Waals surface area contributed by atoms with Crippen LogP contribution in [-0.4, -0.2) is 70.8 Å². The molecule has 2 aromatic rings. The van der Waals surface area contributed by atoms with Gasteiger partial charge in [0, 0.05) is 43.3 Å². The van der Waals surface area contributed by atoms with Crippen molar-refractivity contribution in [1.29, 1.82) is 0 Å². The number of fused-ring (bicyclic) bond motifs is 1. The quantitative estimate of drug-likeness (QED) is 0.802. The van der Waals surface area contributed by atoms with Crippen LogP contribution >= 0.6 is 11.8 Å². The Labute approximate surface area is 158 Å². The van der Waals surface area contributed by atoms with E-state index in [1.165, 1.54) is 0 Å². The lowest BCUT2D eigenvalue weighted by atomic mass is 10.1. The molecule has 3 rings (SSSR count). The van der Waals surface area contributed by atoms with E-state index in [-0.39, 0.29) is 11.8 Å². The summed E-state index contributed by atoms with van der Waals surface area (Å²) in [5, 5.41) is 1.09. The van der Waals surface area contributed by atoms with Crippen molar-refractivity contribution in [3.63, 3.8) is 0 Å². The Kier molecular flexibility index (Phi) is 6.21. The van der Waals surface area contributed by atoms with Gasteiger partial charge in [-0.15, -0.1) is 0 Å². The third kappa shape index (κ3) is 4.22. The van der Waals surface area contributed by atoms with Crippen molar-refractivity contribution in [2.45, 2.75) is 18.9 Å². The topological polar surface area (TPSA) is 82.4 Å². The van der Waals surface area contributed by atoms with E-state index < -0.39 is 6.04 Å². The number of nitrogens with zero attached hydrogens (tertiary/aromatic N) is 2. The highest BCUT2D eigenvalue weighted by Crippen LogP contribution is 2.19. The van der Waals surface area contributed by atoms with Crippen LogP contribution < -0.4 is 5.73 Å². The molecule has 1 atom stereocenters. The lowest BCUT2D eigenvalue weighted by molar-refractivity contribution is -0.140. The van der Waals surface area contributed by atoms with Gasteiger partial charge in [0.15, 0.2) is 0 Å². The van der Waals surface area contributed by atoms with Gasteiger partial charge in [-0.25, -0.2) is 0 Å². The summed E-state index contributed by atoms with van der Waals surface area (Å²) in [7, 11) is 0.